The molecular formula is C23H19N5O2S. The fraction of sp³-hybridized carbons (Fsp3) is 0.130. The van der Waals surface area contributed by atoms with Crippen molar-refractivity contribution in [2.24, 2.45) is 0 Å². The number of aliphatic hydroxyl groups excluding tert-OH is 1. The first-order valence-electron chi connectivity index (χ1n) is 9.59. The number of para-hydroxylation sites is 1. The minimum absolute atomic E-state index is 0.0185. The molecule has 8 heteroatoms. The molecule has 31 heavy (non-hydrogen) atoms. The van der Waals surface area contributed by atoms with Gasteiger partial charge in [-0.15, -0.1) is 10.2 Å². The molecule has 0 aliphatic heterocycles. The Morgan fingerprint density at radius 3 is 2.68 bits per heavy atom. The summed E-state index contributed by atoms with van der Waals surface area (Å²) in [5.74, 6) is -0.896. The number of amides is 1. The maximum Gasteiger partial charge on any atom is 0.265 e. The normalized spacial score (nSPS) is 11.9. The zero-order chi connectivity index (χ0) is 21.8. The van der Waals surface area contributed by atoms with Crippen LogP contribution in [0, 0.1) is 18.3 Å². The summed E-state index contributed by atoms with van der Waals surface area (Å²) in [6, 6.07) is 21.0. The van der Waals surface area contributed by atoms with E-state index in [1.165, 1.54) is 11.8 Å². The summed E-state index contributed by atoms with van der Waals surface area (Å²) in [6.07, 6.45) is 0. The Morgan fingerprint density at radius 2 is 1.90 bits per heavy atom. The number of carbonyl (C=O) groups excluding carboxylic acids is 1. The third-order valence-electron chi connectivity index (χ3n) is 4.84. The molecule has 7 nitrogen and oxygen atoms in total. The fourth-order valence-electron chi connectivity index (χ4n) is 3.29. The number of hydrogen-bond acceptors (Lipinski definition) is 6. The van der Waals surface area contributed by atoms with E-state index in [-0.39, 0.29) is 23.6 Å². The highest BCUT2D eigenvalue weighted by atomic mass is 32.2. The summed E-state index contributed by atoms with van der Waals surface area (Å²) in [7, 11) is 0. The second-order valence-corrected chi connectivity index (χ2v) is 7.85. The molecule has 4 rings (SSSR count). The summed E-state index contributed by atoms with van der Waals surface area (Å²) in [4.78, 5) is 12.4. The number of fused-ring (bicyclic) bond motifs is 3. The number of rotatable bonds is 6. The van der Waals surface area contributed by atoms with E-state index in [0.29, 0.717) is 10.8 Å². The second-order valence-electron chi connectivity index (χ2n) is 6.91. The van der Waals surface area contributed by atoms with Crippen LogP contribution in [0.25, 0.3) is 16.6 Å². The molecular weight excluding hydrogens is 410 g/mol. The van der Waals surface area contributed by atoms with Crippen LogP contribution in [-0.2, 0) is 11.3 Å². The number of hydrogen-bond donors (Lipinski definition) is 2. The van der Waals surface area contributed by atoms with E-state index in [2.05, 4.69) is 15.5 Å². The predicted octanol–water partition coefficient (Wildman–Crippen LogP) is 3.94. The molecule has 2 N–H and O–H groups in total. The number of benzene rings is 2. The Labute approximate surface area is 183 Å². The van der Waals surface area contributed by atoms with Crippen molar-refractivity contribution in [1.82, 2.24) is 19.9 Å². The van der Waals surface area contributed by atoms with Crippen LogP contribution in [0.5, 0.6) is 0 Å². The fourth-order valence-corrected chi connectivity index (χ4v) is 4.12. The van der Waals surface area contributed by atoms with E-state index < -0.39 is 5.91 Å². The summed E-state index contributed by atoms with van der Waals surface area (Å²) < 4.78 is 1.90. The van der Waals surface area contributed by atoms with Crippen molar-refractivity contribution >= 4 is 34.2 Å². The first-order valence-corrected chi connectivity index (χ1v) is 10.6. The summed E-state index contributed by atoms with van der Waals surface area (Å²) in [6.45, 7) is 2.29. The van der Waals surface area contributed by atoms with Crippen LogP contribution in [0.2, 0.25) is 0 Å². The van der Waals surface area contributed by atoms with Crippen LogP contribution in [-0.4, -0.2) is 31.4 Å². The van der Waals surface area contributed by atoms with Gasteiger partial charge in [-0.1, -0.05) is 60.3 Å². The van der Waals surface area contributed by atoms with Gasteiger partial charge in [-0.25, -0.2) is 0 Å². The minimum atomic E-state index is -0.614. The molecule has 0 unspecified atom stereocenters. The van der Waals surface area contributed by atoms with Gasteiger partial charge in [0.2, 0.25) is 0 Å². The van der Waals surface area contributed by atoms with E-state index >= 15 is 0 Å². The van der Waals surface area contributed by atoms with Gasteiger partial charge in [0.05, 0.1) is 11.3 Å². The van der Waals surface area contributed by atoms with Crippen LogP contribution < -0.4 is 5.32 Å². The number of nitriles is 1. The smallest absolute Gasteiger partial charge is 0.265 e. The quantitative estimate of drug-likeness (QED) is 0.208. The molecule has 0 aliphatic carbocycles. The van der Waals surface area contributed by atoms with Crippen molar-refractivity contribution in [1.29, 1.82) is 5.26 Å². The van der Waals surface area contributed by atoms with Crippen LogP contribution in [0.3, 0.4) is 0 Å². The maximum atomic E-state index is 12.4. The highest BCUT2D eigenvalue weighted by molar-refractivity contribution is 7.99. The van der Waals surface area contributed by atoms with Crippen molar-refractivity contribution in [3.8, 4) is 6.07 Å². The molecule has 0 fully saturated rings. The second kappa shape index (κ2) is 8.90. The third-order valence-corrected chi connectivity index (χ3v) is 5.78. The zero-order valence-corrected chi connectivity index (χ0v) is 17.6. The Balaban J connectivity index is 1.54. The maximum absolute atomic E-state index is 12.4. The van der Waals surface area contributed by atoms with Gasteiger partial charge in [0.15, 0.2) is 16.4 Å². The highest BCUT2D eigenvalue weighted by Crippen LogP contribution is 2.26. The van der Waals surface area contributed by atoms with Crippen LogP contribution in [0.4, 0.5) is 0 Å². The lowest BCUT2D eigenvalue weighted by atomic mass is 10.1. The number of thioether (sulfide) groups is 1. The predicted molar refractivity (Wildman–Crippen MR) is 120 cm³/mol. The highest BCUT2D eigenvalue weighted by Gasteiger charge is 2.17. The molecule has 0 bridgehead atoms. The van der Waals surface area contributed by atoms with Crippen molar-refractivity contribution in [3.63, 3.8) is 0 Å². The first kappa shape index (κ1) is 20.4. The molecule has 2 heterocycles. The van der Waals surface area contributed by atoms with Gasteiger partial charge in [-0.05, 0) is 30.2 Å². The molecule has 0 atom stereocenters. The van der Waals surface area contributed by atoms with Crippen molar-refractivity contribution in [3.05, 3.63) is 83.1 Å². The van der Waals surface area contributed by atoms with Crippen molar-refractivity contribution in [2.75, 3.05) is 5.75 Å². The molecule has 1 amide bonds. The molecule has 0 radical (unpaired) electrons. The van der Waals surface area contributed by atoms with Crippen LogP contribution in [0.1, 0.15) is 11.1 Å². The molecule has 4 aromatic rings. The van der Waals surface area contributed by atoms with Gasteiger partial charge in [0.25, 0.3) is 5.91 Å². The van der Waals surface area contributed by atoms with Gasteiger partial charge in [0.1, 0.15) is 11.8 Å². The number of nitrogens with zero attached hydrogens (tertiary/aromatic N) is 4. The lowest BCUT2D eigenvalue weighted by Gasteiger charge is -2.08. The lowest BCUT2D eigenvalue weighted by molar-refractivity contribution is -0.117. The van der Waals surface area contributed by atoms with Crippen molar-refractivity contribution in [2.45, 2.75) is 18.6 Å². The van der Waals surface area contributed by atoms with E-state index in [9.17, 15) is 15.2 Å². The van der Waals surface area contributed by atoms with Gasteiger partial charge in [0, 0.05) is 11.9 Å². The van der Waals surface area contributed by atoms with Crippen molar-refractivity contribution < 1.29 is 9.90 Å². The Kier molecular flexibility index (Phi) is 5.87. The minimum Gasteiger partial charge on any atom is -0.510 e. The average molecular weight is 430 g/mol. The van der Waals surface area contributed by atoms with E-state index in [4.69, 9.17) is 0 Å². The van der Waals surface area contributed by atoms with E-state index in [0.717, 1.165) is 22.0 Å². The molecule has 154 valence electrons. The number of pyridine rings is 1. The van der Waals surface area contributed by atoms with Gasteiger partial charge < -0.3 is 10.4 Å². The van der Waals surface area contributed by atoms with Gasteiger partial charge in [-0.3, -0.25) is 9.20 Å². The summed E-state index contributed by atoms with van der Waals surface area (Å²) in [5, 5.41) is 32.6. The Morgan fingerprint density at radius 1 is 1.16 bits per heavy atom. The van der Waals surface area contributed by atoms with Crippen LogP contribution >= 0.6 is 11.8 Å². The molecule has 2 aromatic carbocycles. The Hall–Kier alpha value is -3.83. The van der Waals surface area contributed by atoms with Gasteiger partial charge in [-0.2, -0.15) is 5.26 Å². The molecule has 2 aromatic heterocycles. The SMILES string of the molecule is Cc1cc2nnc(SC/C(O)=C(\C#N)C(=O)NCc3ccccc3)n2c2ccccc12. The van der Waals surface area contributed by atoms with E-state index in [1.54, 1.807) is 6.07 Å². The number of aliphatic hydroxyl groups is 1. The topological polar surface area (TPSA) is 103 Å². The molecule has 0 saturated carbocycles. The largest absolute Gasteiger partial charge is 0.510 e. The zero-order valence-electron chi connectivity index (χ0n) is 16.7. The Bertz CT molecular complexity index is 1340. The molecule has 0 spiro atoms. The number of nitrogens with one attached hydrogen (secondary N) is 1. The van der Waals surface area contributed by atoms with E-state index in [1.807, 2.05) is 72.0 Å². The third kappa shape index (κ3) is 4.22. The monoisotopic (exact) mass is 429 g/mol. The number of aryl methyl sites for hydroxylation is 1. The first-order chi connectivity index (χ1) is 15.1. The number of aromatic nitrogens is 3. The molecule has 0 aliphatic rings. The lowest BCUT2D eigenvalue weighted by Crippen LogP contribution is -2.25. The summed E-state index contributed by atoms with van der Waals surface area (Å²) >= 11 is 1.21. The molecule has 0 saturated heterocycles. The standard InChI is InChI=1S/C23H19N5O2S/c1-15-11-21-26-27-23(28(21)19-10-6-5-9-17(15)19)31-14-20(29)18(12-24)22(30)25-13-16-7-3-2-4-8-16/h2-11,29H,13-14H2,1H3,(H,25,30)/b20-18-. The number of carbonyl (C=O) groups is 1. The summed E-state index contributed by atoms with van der Waals surface area (Å²) in [5.41, 5.74) is 3.34. The van der Waals surface area contributed by atoms with Crippen LogP contribution in [0.15, 0.2) is 77.2 Å². The average Bonchev–Trinajstić information content (AvgIpc) is 3.20. The van der Waals surface area contributed by atoms with Gasteiger partial charge >= 0.3 is 0 Å².